The summed E-state index contributed by atoms with van der Waals surface area (Å²) in [6, 6.07) is 8.93. The van der Waals surface area contributed by atoms with Crippen LogP contribution in [0.25, 0.3) is 0 Å². The average molecular weight is 274 g/mol. The van der Waals surface area contributed by atoms with Gasteiger partial charge in [-0.05, 0) is 40.8 Å². The average Bonchev–Trinajstić information content (AvgIpc) is 2.04. The number of benzene rings is 1. The van der Waals surface area contributed by atoms with Gasteiger partial charge in [0.15, 0.2) is 12.1 Å². The summed E-state index contributed by atoms with van der Waals surface area (Å²) in [7, 11) is 0. The van der Waals surface area contributed by atoms with E-state index in [9.17, 15) is 4.39 Å². The Morgan fingerprint density at radius 2 is 1.83 bits per heavy atom. The van der Waals surface area contributed by atoms with E-state index < -0.39 is 0 Å². The molecule has 0 fully saturated rings. The first kappa shape index (κ1) is 10.9. The Hall–Kier alpha value is -1.14. The third kappa shape index (κ3) is 5.63. The largest absolute Gasteiger partial charge is 0.207 e. The van der Waals surface area contributed by atoms with Crippen molar-refractivity contribution in [3.63, 3.8) is 0 Å². The van der Waals surface area contributed by atoms with Crippen LogP contribution in [0.1, 0.15) is 0 Å². The van der Waals surface area contributed by atoms with E-state index in [0.29, 0.717) is 0 Å². The van der Waals surface area contributed by atoms with Crippen molar-refractivity contribution in [1.29, 1.82) is 10.5 Å². The van der Waals surface area contributed by atoms with Crippen LogP contribution in [0.3, 0.4) is 0 Å². The van der Waals surface area contributed by atoms with E-state index >= 15 is 0 Å². The molecule has 2 nitrogen and oxygen atoms in total. The Morgan fingerprint density at radius 1 is 1.25 bits per heavy atom. The van der Waals surface area contributed by atoms with E-state index in [1.165, 1.54) is 24.3 Å². The fourth-order valence-corrected chi connectivity index (χ4v) is 0.965. The van der Waals surface area contributed by atoms with Gasteiger partial charge in [0.2, 0.25) is 0 Å². The molecule has 0 saturated carbocycles. The molecule has 0 aliphatic rings. The molecule has 1 rings (SSSR count). The number of rotatable bonds is 0. The topological polar surface area (TPSA) is 47.6 Å². The lowest BCUT2D eigenvalue weighted by Crippen LogP contribution is -1.71. The fraction of sp³-hybridized carbons (Fsp3) is 0. The molecule has 0 aliphatic heterocycles. The van der Waals surface area contributed by atoms with Crippen molar-refractivity contribution in [3.8, 4) is 12.1 Å². The van der Waals surface area contributed by atoms with Crippen molar-refractivity contribution in [2.75, 3.05) is 0 Å². The van der Waals surface area contributed by atoms with Crippen LogP contribution in [-0.4, -0.2) is 0 Å². The van der Waals surface area contributed by atoms with E-state index in [4.69, 9.17) is 10.5 Å². The van der Waals surface area contributed by atoms with Gasteiger partial charge in [-0.1, -0.05) is 6.07 Å². The van der Waals surface area contributed by atoms with Crippen LogP contribution in [-0.2, 0) is 0 Å². The van der Waals surface area contributed by atoms with Crippen LogP contribution in [0.5, 0.6) is 0 Å². The summed E-state index contributed by atoms with van der Waals surface area (Å²) in [6.45, 7) is 0. The third-order valence-corrected chi connectivity index (χ3v) is 1.51. The SMILES string of the molecule is Fc1cccc(I)c1.N#CC#N. The number of nitriles is 2. The zero-order valence-electron chi connectivity index (χ0n) is 5.96. The molecule has 0 spiro atoms. The van der Waals surface area contributed by atoms with Gasteiger partial charge in [0.25, 0.3) is 0 Å². The van der Waals surface area contributed by atoms with Gasteiger partial charge in [-0.25, -0.2) is 4.39 Å². The maximum absolute atomic E-state index is 12.2. The predicted molar refractivity (Wildman–Crippen MR) is 50.3 cm³/mol. The summed E-state index contributed by atoms with van der Waals surface area (Å²) in [5, 5.41) is 14.5. The molecule has 0 unspecified atom stereocenters. The normalized spacial score (nSPS) is 7.00. The highest BCUT2D eigenvalue weighted by Gasteiger charge is 1.86. The van der Waals surface area contributed by atoms with E-state index in [1.54, 1.807) is 6.07 Å². The van der Waals surface area contributed by atoms with Crippen molar-refractivity contribution in [2.24, 2.45) is 0 Å². The van der Waals surface area contributed by atoms with Crippen molar-refractivity contribution in [1.82, 2.24) is 0 Å². The molecular weight excluding hydrogens is 270 g/mol. The van der Waals surface area contributed by atoms with Crippen molar-refractivity contribution in [3.05, 3.63) is 33.7 Å². The van der Waals surface area contributed by atoms with Gasteiger partial charge in [0, 0.05) is 3.57 Å². The molecular formula is C8H4FIN2. The monoisotopic (exact) mass is 274 g/mol. The second kappa shape index (κ2) is 6.56. The van der Waals surface area contributed by atoms with Gasteiger partial charge in [0.05, 0.1) is 0 Å². The van der Waals surface area contributed by atoms with Crippen LogP contribution in [0, 0.1) is 32.0 Å². The molecule has 0 amide bonds. The molecule has 0 atom stereocenters. The molecule has 0 aliphatic carbocycles. The zero-order chi connectivity index (χ0) is 9.40. The molecule has 0 heterocycles. The van der Waals surface area contributed by atoms with Crippen molar-refractivity contribution >= 4 is 22.6 Å². The minimum Gasteiger partial charge on any atom is -0.207 e. The predicted octanol–water partition coefficient (Wildman–Crippen LogP) is 2.46. The van der Waals surface area contributed by atoms with E-state index in [0.717, 1.165) is 3.57 Å². The standard InChI is InChI=1S/C6H4FI.C2N2/c7-5-2-1-3-6(8)4-5;3-1-2-4/h1-4H;. The molecule has 0 N–H and O–H groups in total. The van der Waals surface area contributed by atoms with Crippen molar-refractivity contribution in [2.45, 2.75) is 0 Å². The number of halogens is 2. The minimum absolute atomic E-state index is 0.170. The van der Waals surface area contributed by atoms with Crippen LogP contribution >= 0.6 is 22.6 Å². The number of hydrogen-bond donors (Lipinski definition) is 0. The highest BCUT2D eigenvalue weighted by atomic mass is 127. The van der Waals surface area contributed by atoms with Gasteiger partial charge in [0.1, 0.15) is 5.82 Å². The summed E-state index contributed by atoms with van der Waals surface area (Å²) < 4.78 is 13.1. The maximum atomic E-state index is 12.2. The molecule has 0 aromatic heterocycles. The molecule has 4 heteroatoms. The lowest BCUT2D eigenvalue weighted by Gasteiger charge is -1.85. The third-order valence-electron chi connectivity index (χ3n) is 0.837. The maximum Gasteiger partial charge on any atom is 0.181 e. The smallest absolute Gasteiger partial charge is 0.181 e. The quantitative estimate of drug-likeness (QED) is 0.682. The fourth-order valence-electron chi connectivity index (χ4n) is 0.460. The van der Waals surface area contributed by atoms with Crippen molar-refractivity contribution < 1.29 is 4.39 Å². The van der Waals surface area contributed by atoms with Gasteiger partial charge in [-0.15, -0.1) is 0 Å². The van der Waals surface area contributed by atoms with Gasteiger partial charge < -0.3 is 0 Å². The Morgan fingerprint density at radius 3 is 2.08 bits per heavy atom. The number of hydrogen-bond acceptors (Lipinski definition) is 2. The summed E-state index contributed by atoms with van der Waals surface area (Å²) >= 11 is 2.07. The van der Waals surface area contributed by atoms with E-state index in [1.807, 2.05) is 6.07 Å². The molecule has 12 heavy (non-hydrogen) atoms. The Kier molecular flexibility index (Phi) is 5.94. The zero-order valence-corrected chi connectivity index (χ0v) is 8.12. The lowest BCUT2D eigenvalue weighted by molar-refractivity contribution is 0.627. The summed E-state index contributed by atoms with van der Waals surface area (Å²) in [6.07, 6.45) is 0. The van der Waals surface area contributed by atoms with Crippen LogP contribution in [0.4, 0.5) is 4.39 Å². The van der Waals surface area contributed by atoms with Crippen LogP contribution in [0.15, 0.2) is 24.3 Å². The first-order valence-corrected chi connectivity index (χ1v) is 3.98. The summed E-state index contributed by atoms with van der Waals surface area (Å²) in [5.41, 5.74) is 0. The molecule has 0 saturated heterocycles. The molecule has 0 radical (unpaired) electrons. The van der Waals surface area contributed by atoms with Gasteiger partial charge in [-0.3, -0.25) is 0 Å². The minimum atomic E-state index is -0.170. The molecule has 1 aromatic carbocycles. The molecule has 1 aromatic rings. The second-order valence-electron chi connectivity index (χ2n) is 1.66. The second-order valence-corrected chi connectivity index (χ2v) is 2.91. The summed E-state index contributed by atoms with van der Waals surface area (Å²) in [5.74, 6) is -0.170. The van der Waals surface area contributed by atoms with Crippen LogP contribution < -0.4 is 0 Å². The van der Waals surface area contributed by atoms with Gasteiger partial charge in [-0.2, -0.15) is 10.5 Å². The van der Waals surface area contributed by atoms with Crippen LogP contribution in [0.2, 0.25) is 0 Å². The molecule has 60 valence electrons. The summed E-state index contributed by atoms with van der Waals surface area (Å²) in [4.78, 5) is 0. The van der Waals surface area contributed by atoms with E-state index in [-0.39, 0.29) is 5.82 Å². The first-order valence-electron chi connectivity index (χ1n) is 2.90. The highest BCUT2D eigenvalue weighted by Crippen LogP contribution is 2.04. The first-order chi connectivity index (χ1) is 5.70. The van der Waals surface area contributed by atoms with Gasteiger partial charge >= 0.3 is 0 Å². The Bertz CT molecular complexity index is 295. The lowest BCUT2D eigenvalue weighted by atomic mass is 10.4. The Labute approximate surface area is 83.4 Å². The highest BCUT2D eigenvalue weighted by molar-refractivity contribution is 14.1. The Balaban J connectivity index is 0.000000261. The molecule has 0 bridgehead atoms. The number of nitrogens with zero attached hydrogens (tertiary/aromatic N) is 2. The van der Waals surface area contributed by atoms with E-state index in [2.05, 4.69) is 22.6 Å².